The van der Waals surface area contributed by atoms with E-state index in [1.807, 2.05) is 0 Å². The largest absolute Gasteiger partial charge is 0.449 e. The molecule has 1 unspecified atom stereocenters. The van der Waals surface area contributed by atoms with E-state index in [-0.39, 0.29) is 22.9 Å². The van der Waals surface area contributed by atoms with Gasteiger partial charge in [-0.15, -0.1) is 0 Å². The van der Waals surface area contributed by atoms with Crippen molar-refractivity contribution < 1.29 is 18.7 Å². The van der Waals surface area contributed by atoms with E-state index in [2.05, 4.69) is 5.32 Å². The molecule has 0 bridgehead atoms. The van der Waals surface area contributed by atoms with E-state index in [0.29, 0.717) is 0 Å². The number of anilines is 1. The minimum Gasteiger partial charge on any atom is -0.449 e. The van der Waals surface area contributed by atoms with Gasteiger partial charge in [0.05, 0.1) is 5.56 Å². The first-order chi connectivity index (χ1) is 9.22. The second-order valence-corrected chi connectivity index (χ2v) is 4.91. The molecule has 1 atom stereocenters. The molecule has 0 radical (unpaired) electrons. The fourth-order valence-electron chi connectivity index (χ4n) is 1.63. The molecule has 110 valence electrons. The van der Waals surface area contributed by atoms with E-state index in [9.17, 15) is 14.0 Å². The number of nitrogens with one attached hydrogen (secondary N) is 1. The fraction of sp³-hybridized carbons (Fsp3) is 0.429. The minimum atomic E-state index is -1.01. The molecule has 0 aliphatic heterocycles. The number of ether oxygens (including phenoxy) is 1. The zero-order valence-corrected chi connectivity index (χ0v) is 12.0. The van der Waals surface area contributed by atoms with Crippen LogP contribution >= 0.6 is 0 Å². The highest BCUT2D eigenvalue weighted by atomic mass is 19.1. The number of halogens is 1. The van der Waals surface area contributed by atoms with Gasteiger partial charge in [-0.1, -0.05) is 0 Å². The van der Waals surface area contributed by atoms with Gasteiger partial charge in [0.1, 0.15) is 5.82 Å². The van der Waals surface area contributed by atoms with Crippen LogP contribution in [0.3, 0.4) is 0 Å². The average Bonchev–Trinajstić information content (AvgIpc) is 2.32. The molecule has 0 fully saturated rings. The third-order valence-corrected chi connectivity index (χ3v) is 2.58. The summed E-state index contributed by atoms with van der Waals surface area (Å²) in [5.74, 6) is -2.04. The maximum absolute atomic E-state index is 13.8. The normalized spacial score (nSPS) is 12.1. The first-order valence-electron chi connectivity index (χ1n) is 6.29. The molecule has 0 heterocycles. The Hall–Kier alpha value is -2.11. The van der Waals surface area contributed by atoms with Crippen LogP contribution in [-0.4, -0.2) is 24.0 Å². The van der Waals surface area contributed by atoms with Crippen molar-refractivity contribution in [2.45, 2.75) is 39.8 Å². The Morgan fingerprint density at radius 2 is 1.90 bits per heavy atom. The van der Waals surface area contributed by atoms with Crippen molar-refractivity contribution in [1.82, 2.24) is 5.32 Å². The Labute approximate surface area is 117 Å². The lowest BCUT2D eigenvalue weighted by atomic mass is 10.1. The highest BCUT2D eigenvalue weighted by Crippen LogP contribution is 2.18. The van der Waals surface area contributed by atoms with Crippen LogP contribution in [0, 0.1) is 12.7 Å². The van der Waals surface area contributed by atoms with Crippen molar-refractivity contribution in [3.05, 3.63) is 29.1 Å². The van der Waals surface area contributed by atoms with Crippen molar-refractivity contribution in [2.24, 2.45) is 0 Å². The number of esters is 1. The number of hydrogen-bond acceptors (Lipinski definition) is 4. The standard InChI is InChI=1S/C14H19FN2O3/c1-7(2)17-13(18)9(4)20-14(19)11-6-10(16)5-8(3)12(11)15/h5-7,9H,16H2,1-4H3,(H,17,18). The number of carbonyl (C=O) groups is 2. The lowest BCUT2D eigenvalue weighted by Crippen LogP contribution is -2.39. The maximum atomic E-state index is 13.8. The summed E-state index contributed by atoms with van der Waals surface area (Å²) in [7, 11) is 0. The Morgan fingerprint density at radius 1 is 1.30 bits per heavy atom. The minimum absolute atomic E-state index is 0.0741. The van der Waals surface area contributed by atoms with Gasteiger partial charge in [0.25, 0.3) is 5.91 Å². The topological polar surface area (TPSA) is 81.4 Å². The molecule has 1 amide bonds. The van der Waals surface area contributed by atoms with Crippen LogP contribution < -0.4 is 11.1 Å². The van der Waals surface area contributed by atoms with Gasteiger partial charge in [0, 0.05) is 11.7 Å². The predicted octanol–water partition coefficient (Wildman–Crippen LogP) is 1.79. The second-order valence-electron chi connectivity index (χ2n) is 4.91. The zero-order valence-electron chi connectivity index (χ0n) is 12.0. The number of hydrogen-bond donors (Lipinski definition) is 2. The van der Waals surface area contributed by atoms with E-state index in [1.54, 1.807) is 13.8 Å². The zero-order chi connectivity index (χ0) is 15.4. The van der Waals surface area contributed by atoms with Crippen LogP contribution in [0.4, 0.5) is 10.1 Å². The van der Waals surface area contributed by atoms with E-state index in [4.69, 9.17) is 10.5 Å². The smallest absolute Gasteiger partial charge is 0.341 e. The quantitative estimate of drug-likeness (QED) is 0.651. The van der Waals surface area contributed by atoms with Crippen LogP contribution in [0.15, 0.2) is 12.1 Å². The van der Waals surface area contributed by atoms with Gasteiger partial charge in [0.15, 0.2) is 6.10 Å². The Balaban J connectivity index is 2.84. The van der Waals surface area contributed by atoms with Gasteiger partial charge in [-0.05, 0) is 45.4 Å². The highest BCUT2D eigenvalue weighted by Gasteiger charge is 2.22. The molecule has 0 aliphatic carbocycles. The molecule has 0 saturated heterocycles. The van der Waals surface area contributed by atoms with Gasteiger partial charge in [-0.2, -0.15) is 0 Å². The van der Waals surface area contributed by atoms with Crippen LogP contribution in [0.2, 0.25) is 0 Å². The van der Waals surface area contributed by atoms with E-state index in [0.717, 1.165) is 0 Å². The molecule has 3 N–H and O–H groups in total. The summed E-state index contributed by atoms with van der Waals surface area (Å²) in [4.78, 5) is 23.5. The third kappa shape index (κ3) is 3.94. The number of carbonyl (C=O) groups excluding carboxylic acids is 2. The molecule has 0 aliphatic rings. The van der Waals surface area contributed by atoms with Gasteiger partial charge in [-0.25, -0.2) is 9.18 Å². The molecule has 20 heavy (non-hydrogen) atoms. The molecule has 1 rings (SSSR count). The van der Waals surface area contributed by atoms with E-state index < -0.39 is 23.8 Å². The molecule has 5 nitrogen and oxygen atoms in total. The molecule has 0 aromatic heterocycles. The summed E-state index contributed by atoms with van der Waals surface area (Å²) < 4.78 is 18.8. The number of nitrogen functional groups attached to an aromatic ring is 1. The monoisotopic (exact) mass is 282 g/mol. The van der Waals surface area contributed by atoms with Gasteiger partial charge in [0.2, 0.25) is 0 Å². The van der Waals surface area contributed by atoms with Crippen LogP contribution in [0.5, 0.6) is 0 Å². The van der Waals surface area contributed by atoms with Crippen molar-refractivity contribution in [3.63, 3.8) is 0 Å². The summed E-state index contributed by atoms with van der Waals surface area (Å²) in [5.41, 5.74) is 5.80. The molecule has 1 aromatic rings. The van der Waals surface area contributed by atoms with Crippen molar-refractivity contribution in [2.75, 3.05) is 5.73 Å². The highest BCUT2D eigenvalue weighted by molar-refractivity contribution is 5.93. The number of benzene rings is 1. The van der Waals surface area contributed by atoms with Crippen molar-refractivity contribution >= 4 is 17.6 Å². The summed E-state index contributed by atoms with van der Waals surface area (Å²) >= 11 is 0. The molecule has 0 saturated carbocycles. The summed E-state index contributed by atoms with van der Waals surface area (Å²) in [6.45, 7) is 6.49. The first kappa shape index (κ1) is 15.9. The number of amides is 1. The lowest BCUT2D eigenvalue weighted by molar-refractivity contribution is -0.129. The summed E-state index contributed by atoms with van der Waals surface area (Å²) in [5, 5.41) is 2.60. The Morgan fingerprint density at radius 3 is 2.45 bits per heavy atom. The van der Waals surface area contributed by atoms with E-state index in [1.165, 1.54) is 26.0 Å². The average molecular weight is 282 g/mol. The van der Waals surface area contributed by atoms with Crippen LogP contribution in [-0.2, 0) is 9.53 Å². The Bertz CT molecular complexity index is 529. The van der Waals surface area contributed by atoms with Crippen molar-refractivity contribution in [3.8, 4) is 0 Å². The van der Waals surface area contributed by atoms with Crippen molar-refractivity contribution in [1.29, 1.82) is 0 Å². The van der Waals surface area contributed by atoms with Gasteiger partial charge >= 0.3 is 5.97 Å². The van der Waals surface area contributed by atoms with Crippen LogP contribution in [0.25, 0.3) is 0 Å². The SMILES string of the molecule is Cc1cc(N)cc(C(=O)OC(C)C(=O)NC(C)C)c1F. The molecule has 1 aromatic carbocycles. The molecular weight excluding hydrogens is 263 g/mol. The van der Waals surface area contributed by atoms with E-state index >= 15 is 0 Å². The molecule has 6 heteroatoms. The summed E-state index contributed by atoms with van der Waals surface area (Å²) in [6.07, 6.45) is -1.01. The van der Waals surface area contributed by atoms with Gasteiger partial charge in [-0.3, -0.25) is 4.79 Å². The number of aryl methyl sites for hydroxylation is 1. The maximum Gasteiger partial charge on any atom is 0.341 e. The van der Waals surface area contributed by atoms with Crippen LogP contribution in [0.1, 0.15) is 36.7 Å². The molecular formula is C14H19FN2O3. The van der Waals surface area contributed by atoms with Gasteiger partial charge < -0.3 is 15.8 Å². The summed E-state index contributed by atoms with van der Waals surface area (Å²) in [6, 6.07) is 2.54. The second kappa shape index (κ2) is 6.36. The fourth-order valence-corrected chi connectivity index (χ4v) is 1.63. The first-order valence-corrected chi connectivity index (χ1v) is 6.29. The predicted molar refractivity (Wildman–Crippen MR) is 73.7 cm³/mol. The number of nitrogens with two attached hydrogens (primary N) is 1. The molecule has 0 spiro atoms. The lowest BCUT2D eigenvalue weighted by Gasteiger charge is -2.16. The Kier molecular flexibility index (Phi) is 5.07. The third-order valence-electron chi connectivity index (χ3n) is 2.58. The number of rotatable bonds is 4.